The van der Waals surface area contributed by atoms with Crippen LogP contribution in [-0.2, 0) is 4.74 Å². The predicted octanol–water partition coefficient (Wildman–Crippen LogP) is 2.16. The van der Waals surface area contributed by atoms with E-state index >= 15 is 0 Å². The molecule has 1 N–H and O–H groups in total. The van der Waals surface area contributed by atoms with E-state index in [9.17, 15) is 0 Å². The smallest absolute Gasteiger partial charge is 0.0700 e. The first-order valence-electron chi connectivity index (χ1n) is 5.73. The van der Waals surface area contributed by atoms with Crippen LogP contribution in [-0.4, -0.2) is 31.7 Å². The minimum atomic E-state index is 0.474. The molecule has 0 aromatic carbocycles. The van der Waals surface area contributed by atoms with Gasteiger partial charge >= 0.3 is 0 Å². The molecule has 2 nitrogen and oxygen atoms in total. The van der Waals surface area contributed by atoms with Crippen molar-refractivity contribution < 1.29 is 4.74 Å². The Morgan fingerprint density at radius 3 is 2.86 bits per heavy atom. The fourth-order valence-corrected chi connectivity index (χ4v) is 2.60. The second-order valence-corrected chi connectivity index (χ2v) is 5.08. The van der Waals surface area contributed by atoms with Crippen LogP contribution in [0, 0.1) is 5.41 Å². The molecule has 2 rings (SSSR count). The van der Waals surface area contributed by atoms with Gasteiger partial charge in [0, 0.05) is 25.6 Å². The molecule has 1 atom stereocenters. The summed E-state index contributed by atoms with van der Waals surface area (Å²) >= 11 is 5.78. The van der Waals surface area contributed by atoms with Crippen molar-refractivity contribution in [2.75, 3.05) is 25.6 Å². The maximum Gasteiger partial charge on any atom is 0.0700 e. The molecule has 1 heterocycles. The van der Waals surface area contributed by atoms with Crippen molar-refractivity contribution in [3.63, 3.8) is 0 Å². The van der Waals surface area contributed by atoms with Gasteiger partial charge in [-0.3, -0.25) is 0 Å². The molecule has 0 bridgehead atoms. The van der Waals surface area contributed by atoms with Gasteiger partial charge < -0.3 is 10.1 Å². The van der Waals surface area contributed by atoms with E-state index in [4.69, 9.17) is 16.3 Å². The van der Waals surface area contributed by atoms with Crippen LogP contribution >= 0.6 is 11.6 Å². The van der Waals surface area contributed by atoms with Crippen LogP contribution in [0.2, 0.25) is 0 Å². The average molecular weight is 218 g/mol. The average Bonchev–Trinajstić information content (AvgIpc) is 2.75. The summed E-state index contributed by atoms with van der Waals surface area (Å²) in [6.45, 7) is 3.13. The summed E-state index contributed by atoms with van der Waals surface area (Å²) in [4.78, 5) is 0. The normalized spacial score (nSPS) is 29.4. The minimum Gasteiger partial charge on any atom is -0.377 e. The second-order valence-electron chi connectivity index (χ2n) is 4.70. The van der Waals surface area contributed by atoms with Crippen LogP contribution < -0.4 is 5.32 Å². The van der Waals surface area contributed by atoms with Crippen molar-refractivity contribution in [2.45, 2.75) is 38.2 Å². The number of alkyl halides is 1. The van der Waals surface area contributed by atoms with Crippen molar-refractivity contribution in [2.24, 2.45) is 5.41 Å². The van der Waals surface area contributed by atoms with Gasteiger partial charge in [0.15, 0.2) is 0 Å². The first-order valence-corrected chi connectivity index (χ1v) is 6.26. The zero-order valence-electron chi connectivity index (χ0n) is 8.73. The van der Waals surface area contributed by atoms with Gasteiger partial charge in [0.2, 0.25) is 0 Å². The first-order chi connectivity index (χ1) is 6.85. The molecular weight excluding hydrogens is 198 g/mol. The summed E-state index contributed by atoms with van der Waals surface area (Å²) in [5.74, 6) is 0.807. The number of halogens is 1. The third kappa shape index (κ3) is 2.85. The lowest BCUT2D eigenvalue weighted by molar-refractivity contribution is 0.109. The van der Waals surface area contributed by atoms with Crippen molar-refractivity contribution in [3.05, 3.63) is 0 Å². The quantitative estimate of drug-likeness (QED) is 0.689. The number of nitrogens with one attached hydrogen (secondary N) is 1. The van der Waals surface area contributed by atoms with E-state index in [1.54, 1.807) is 0 Å². The van der Waals surface area contributed by atoms with Crippen molar-refractivity contribution >= 4 is 11.6 Å². The van der Waals surface area contributed by atoms with Gasteiger partial charge in [-0.2, -0.15) is 0 Å². The molecule has 0 aromatic heterocycles. The molecule has 1 aliphatic carbocycles. The lowest BCUT2D eigenvalue weighted by Crippen LogP contribution is -2.31. The van der Waals surface area contributed by atoms with E-state index in [1.165, 1.54) is 32.1 Å². The highest BCUT2D eigenvalue weighted by Gasteiger charge is 2.41. The summed E-state index contributed by atoms with van der Waals surface area (Å²) in [5.41, 5.74) is 0.556. The van der Waals surface area contributed by atoms with Crippen LogP contribution in [0.1, 0.15) is 32.1 Å². The Morgan fingerprint density at radius 1 is 1.43 bits per heavy atom. The maximum absolute atomic E-state index is 5.78. The Balaban J connectivity index is 1.58. The molecule has 1 saturated carbocycles. The molecule has 82 valence electrons. The van der Waals surface area contributed by atoms with Crippen molar-refractivity contribution in [3.8, 4) is 0 Å². The topological polar surface area (TPSA) is 21.3 Å². The second kappa shape index (κ2) is 4.82. The van der Waals surface area contributed by atoms with Gasteiger partial charge in [-0.1, -0.05) is 0 Å². The summed E-state index contributed by atoms with van der Waals surface area (Å²) in [6.07, 6.45) is 6.83. The number of hydrogen-bond acceptors (Lipinski definition) is 2. The minimum absolute atomic E-state index is 0.474. The number of rotatable bonds is 6. The molecule has 3 heteroatoms. The Morgan fingerprint density at radius 2 is 2.29 bits per heavy atom. The number of hydrogen-bond donors (Lipinski definition) is 1. The lowest BCUT2D eigenvalue weighted by Gasteiger charge is -2.16. The van der Waals surface area contributed by atoms with Gasteiger partial charge in [-0.25, -0.2) is 0 Å². The van der Waals surface area contributed by atoms with Gasteiger partial charge in [-0.15, -0.1) is 11.6 Å². The Hall–Kier alpha value is 0.210. The highest BCUT2D eigenvalue weighted by Crippen LogP contribution is 2.48. The van der Waals surface area contributed by atoms with Crippen LogP contribution in [0.5, 0.6) is 0 Å². The van der Waals surface area contributed by atoms with Gasteiger partial charge in [0.1, 0.15) is 0 Å². The summed E-state index contributed by atoms with van der Waals surface area (Å²) in [5, 5.41) is 3.53. The third-order valence-corrected chi connectivity index (χ3v) is 3.67. The molecule has 14 heavy (non-hydrogen) atoms. The Bertz CT molecular complexity index is 176. The van der Waals surface area contributed by atoms with Gasteiger partial charge in [-0.05, 0) is 37.5 Å². The van der Waals surface area contributed by atoms with E-state index in [2.05, 4.69) is 5.32 Å². The van der Waals surface area contributed by atoms with E-state index in [-0.39, 0.29) is 0 Å². The fourth-order valence-electron chi connectivity index (χ4n) is 2.20. The Labute approximate surface area is 91.3 Å². The molecular formula is C11H20ClNO. The van der Waals surface area contributed by atoms with E-state index in [0.29, 0.717) is 11.5 Å². The lowest BCUT2D eigenvalue weighted by atomic mass is 10.0. The first kappa shape index (κ1) is 10.7. The van der Waals surface area contributed by atoms with Gasteiger partial charge in [0.05, 0.1) is 6.10 Å². The van der Waals surface area contributed by atoms with Crippen LogP contribution in [0.25, 0.3) is 0 Å². The SMILES string of the molecule is ClCCC1(CNCC2CCCO2)CC1. The fraction of sp³-hybridized carbons (Fsp3) is 1.00. The number of ether oxygens (including phenoxy) is 1. The monoisotopic (exact) mass is 217 g/mol. The highest BCUT2D eigenvalue weighted by atomic mass is 35.5. The largest absolute Gasteiger partial charge is 0.377 e. The molecule has 2 aliphatic rings. The predicted molar refractivity (Wildman–Crippen MR) is 58.8 cm³/mol. The molecule has 0 spiro atoms. The molecule has 2 fully saturated rings. The molecule has 1 unspecified atom stereocenters. The van der Waals surface area contributed by atoms with Crippen LogP contribution in [0.4, 0.5) is 0 Å². The van der Waals surface area contributed by atoms with Crippen molar-refractivity contribution in [1.82, 2.24) is 5.32 Å². The summed E-state index contributed by atoms with van der Waals surface area (Å²) in [6, 6.07) is 0. The maximum atomic E-state index is 5.78. The Kier molecular flexibility index (Phi) is 3.69. The standard InChI is InChI=1S/C11H20ClNO/c12-6-5-11(3-4-11)9-13-8-10-2-1-7-14-10/h10,13H,1-9H2. The van der Waals surface area contributed by atoms with Gasteiger partial charge in [0.25, 0.3) is 0 Å². The molecule has 0 amide bonds. The van der Waals surface area contributed by atoms with E-state index in [1.807, 2.05) is 0 Å². The summed E-state index contributed by atoms with van der Waals surface area (Å²) < 4.78 is 5.56. The molecule has 1 saturated heterocycles. The van der Waals surface area contributed by atoms with Crippen molar-refractivity contribution in [1.29, 1.82) is 0 Å². The summed E-state index contributed by atoms with van der Waals surface area (Å²) in [7, 11) is 0. The molecule has 0 aromatic rings. The van der Waals surface area contributed by atoms with E-state index < -0.39 is 0 Å². The third-order valence-electron chi connectivity index (χ3n) is 3.48. The van der Waals surface area contributed by atoms with Crippen LogP contribution in [0.15, 0.2) is 0 Å². The zero-order chi connectivity index (χ0) is 9.86. The highest BCUT2D eigenvalue weighted by molar-refractivity contribution is 6.17. The molecule has 1 aliphatic heterocycles. The van der Waals surface area contributed by atoms with E-state index in [0.717, 1.165) is 25.6 Å². The van der Waals surface area contributed by atoms with Crippen LogP contribution in [0.3, 0.4) is 0 Å². The molecule has 0 radical (unpaired) electrons. The zero-order valence-corrected chi connectivity index (χ0v) is 9.48.